The van der Waals surface area contributed by atoms with Crippen LogP contribution in [0.25, 0.3) is 0 Å². The first-order valence-corrected chi connectivity index (χ1v) is 7.68. The van der Waals surface area contributed by atoms with Crippen molar-refractivity contribution in [2.45, 2.75) is 26.4 Å². The first kappa shape index (κ1) is 14.9. The van der Waals surface area contributed by atoms with Gasteiger partial charge in [0.05, 0.1) is 6.10 Å². The quantitative estimate of drug-likeness (QED) is 0.792. The molecule has 0 aliphatic carbocycles. The van der Waals surface area contributed by atoms with Crippen molar-refractivity contribution in [3.05, 3.63) is 24.3 Å². The number of rotatable bonds is 3. The van der Waals surface area contributed by atoms with Gasteiger partial charge in [0, 0.05) is 44.5 Å². The predicted molar refractivity (Wildman–Crippen MR) is 85.1 cm³/mol. The summed E-state index contributed by atoms with van der Waals surface area (Å²) in [7, 11) is 1.55. The van der Waals surface area contributed by atoms with Gasteiger partial charge < -0.3 is 18.9 Å². The third kappa shape index (κ3) is 3.42. The van der Waals surface area contributed by atoms with Crippen molar-refractivity contribution in [3.8, 4) is 0 Å². The Labute approximate surface area is 127 Å². The van der Waals surface area contributed by atoms with Gasteiger partial charge in [0.15, 0.2) is 0 Å². The van der Waals surface area contributed by atoms with Gasteiger partial charge in [-0.1, -0.05) is 26.0 Å². The van der Waals surface area contributed by atoms with Crippen molar-refractivity contribution in [1.82, 2.24) is 0 Å². The van der Waals surface area contributed by atoms with Gasteiger partial charge in [0.25, 0.3) is 0 Å². The highest BCUT2D eigenvalue weighted by molar-refractivity contribution is 6.61. The number of benzene rings is 1. The minimum Gasteiger partial charge on any atom is -0.407 e. The van der Waals surface area contributed by atoms with Crippen molar-refractivity contribution >= 4 is 18.3 Å². The van der Waals surface area contributed by atoms with E-state index in [2.05, 4.69) is 43.0 Å². The lowest BCUT2D eigenvalue weighted by atomic mass is 9.76. The lowest BCUT2D eigenvalue weighted by molar-refractivity contribution is 0.0343. The summed E-state index contributed by atoms with van der Waals surface area (Å²) < 4.78 is 17.2. The molecule has 1 atom stereocenters. The molecule has 2 heterocycles. The van der Waals surface area contributed by atoms with Crippen LogP contribution in [0.4, 0.5) is 5.69 Å². The van der Waals surface area contributed by atoms with E-state index in [4.69, 9.17) is 14.0 Å². The van der Waals surface area contributed by atoms with Crippen molar-refractivity contribution in [2.24, 2.45) is 5.41 Å². The summed E-state index contributed by atoms with van der Waals surface area (Å²) in [4.78, 5) is 2.37. The van der Waals surface area contributed by atoms with Gasteiger partial charge in [-0.25, -0.2) is 0 Å². The monoisotopic (exact) mass is 289 g/mol. The van der Waals surface area contributed by atoms with Gasteiger partial charge in [-0.2, -0.15) is 0 Å². The minimum absolute atomic E-state index is 0.106. The van der Waals surface area contributed by atoms with E-state index >= 15 is 0 Å². The lowest BCUT2D eigenvalue weighted by Gasteiger charge is -2.33. The number of hydrogen-bond acceptors (Lipinski definition) is 4. The molecule has 0 saturated carbocycles. The van der Waals surface area contributed by atoms with Gasteiger partial charge in [0.2, 0.25) is 0 Å². The molecule has 1 unspecified atom stereocenters. The molecule has 21 heavy (non-hydrogen) atoms. The molecule has 0 N–H and O–H groups in total. The summed E-state index contributed by atoms with van der Waals surface area (Å²) in [5, 5.41) is 0. The highest BCUT2D eigenvalue weighted by Crippen LogP contribution is 2.23. The smallest absolute Gasteiger partial charge is 0.407 e. The topological polar surface area (TPSA) is 30.9 Å². The molecule has 3 rings (SSSR count). The largest absolute Gasteiger partial charge is 0.493 e. The molecule has 0 aromatic heterocycles. The van der Waals surface area contributed by atoms with Crippen LogP contribution in [0.2, 0.25) is 0 Å². The second-order valence-corrected chi connectivity index (χ2v) is 6.81. The number of anilines is 1. The third-order valence-electron chi connectivity index (χ3n) is 4.24. The third-order valence-corrected chi connectivity index (χ3v) is 4.24. The van der Waals surface area contributed by atoms with Crippen LogP contribution in [0, 0.1) is 5.41 Å². The fourth-order valence-electron chi connectivity index (χ4n) is 2.91. The van der Waals surface area contributed by atoms with Crippen molar-refractivity contribution in [1.29, 1.82) is 0 Å². The van der Waals surface area contributed by atoms with Gasteiger partial charge in [-0.15, -0.1) is 0 Å². The Morgan fingerprint density at radius 1 is 1.29 bits per heavy atom. The standard InChI is InChI=1S/C16H24BNO3/c1-16(2)11-20-17(21-12-16)13-5-4-6-14(9-13)18-8-7-15(10-18)19-3/h4-6,9,15H,7-8,10-12H2,1-3H3. The molecular formula is C16H24BNO3. The Morgan fingerprint density at radius 2 is 2.05 bits per heavy atom. The second-order valence-electron chi connectivity index (χ2n) is 6.81. The summed E-state index contributed by atoms with van der Waals surface area (Å²) >= 11 is 0. The Morgan fingerprint density at radius 3 is 2.71 bits per heavy atom. The molecule has 114 valence electrons. The Bertz CT molecular complexity index is 484. The molecule has 0 bridgehead atoms. The van der Waals surface area contributed by atoms with Gasteiger partial charge in [-0.05, 0) is 24.0 Å². The summed E-state index contributed by atoms with van der Waals surface area (Å²) in [6, 6.07) is 8.49. The van der Waals surface area contributed by atoms with E-state index in [1.165, 1.54) is 5.69 Å². The number of nitrogens with zero attached hydrogens (tertiary/aromatic N) is 1. The van der Waals surface area contributed by atoms with Crippen molar-refractivity contribution in [2.75, 3.05) is 38.3 Å². The molecule has 5 heteroatoms. The van der Waals surface area contributed by atoms with E-state index in [1.54, 1.807) is 7.11 Å². The van der Waals surface area contributed by atoms with E-state index in [0.717, 1.165) is 38.2 Å². The Balaban J connectivity index is 1.69. The van der Waals surface area contributed by atoms with E-state index in [9.17, 15) is 0 Å². The fourth-order valence-corrected chi connectivity index (χ4v) is 2.91. The van der Waals surface area contributed by atoms with E-state index < -0.39 is 0 Å². The van der Waals surface area contributed by atoms with Gasteiger partial charge in [-0.3, -0.25) is 0 Å². The van der Waals surface area contributed by atoms with Gasteiger partial charge >= 0.3 is 7.12 Å². The van der Waals surface area contributed by atoms with Crippen LogP contribution >= 0.6 is 0 Å². The number of ether oxygens (including phenoxy) is 1. The van der Waals surface area contributed by atoms with Gasteiger partial charge in [0.1, 0.15) is 0 Å². The van der Waals surface area contributed by atoms with E-state index in [1.807, 2.05) is 0 Å². The lowest BCUT2D eigenvalue weighted by Crippen LogP contribution is -2.47. The molecule has 0 amide bonds. The molecule has 1 aromatic rings. The molecule has 2 saturated heterocycles. The molecule has 1 aromatic carbocycles. The predicted octanol–water partition coefficient (Wildman–Crippen LogP) is 1.68. The molecule has 2 fully saturated rings. The molecule has 0 radical (unpaired) electrons. The first-order valence-electron chi connectivity index (χ1n) is 7.68. The summed E-state index contributed by atoms with van der Waals surface area (Å²) in [6.45, 7) is 7.79. The highest BCUT2D eigenvalue weighted by atomic mass is 16.6. The van der Waals surface area contributed by atoms with E-state index in [0.29, 0.717) is 6.10 Å². The first-order chi connectivity index (χ1) is 10.1. The average Bonchev–Trinajstić information content (AvgIpc) is 2.96. The Hall–Kier alpha value is -1.04. The zero-order chi connectivity index (χ0) is 14.9. The molecule has 0 spiro atoms. The van der Waals surface area contributed by atoms with Crippen LogP contribution in [-0.4, -0.2) is 46.6 Å². The fraction of sp³-hybridized carbons (Fsp3) is 0.625. The molecule has 2 aliphatic heterocycles. The highest BCUT2D eigenvalue weighted by Gasteiger charge is 2.33. The van der Waals surface area contributed by atoms with Crippen LogP contribution in [-0.2, 0) is 14.0 Å². The van der Waals surface area contributed by atoms with Crippen LogP contribution in [0.15, 0.2) is 24.3 Å². The van der Waals surface area contributed by atoms with Crippen LogP contribution in [0.3, 0.4) is 0 Å². The maximum Gasteiger partial charge on any atom is 0.493 e. The summed E-state index contributed by atoms with van der Waals surface area (Å²) in [6.07, 6.45) is 1.43. The van der Waals surface area contributed by atoms with Crippen molar-refractivity contribution in [3.63, 3.8) is 0 Å². The van der Waals surface area contributed by atoms with E-state index in [-0.39, 0.29) is 12.5 Å². The maximum absolute atomic E-state index is 5.87. The van der Waals surface area contributed by atoms with Crippen LogP contribution in [0.5, 0.6) is 0 Å². The number of methoxy groups -OCH3 is 1. The summed E-state index contributed by atoms with van der Waals surface area (Å²) in [5.41, 5.74) is 2.43. The average molecular weight is 289 g/mol. The maximum atomic E-state index is 5.87. The molecular weight excluding hydrogens is 265 g/mol. The van der Waals surface area contributed by atoms with Crippen LogP contribution < -0.4 is 10.4 Å². The number of hydrogen-bond donors (Lipinski definition) is 0. The molecule has 4 nitrogen and oxygen atoms in total. The second kappa shape index (κ2) is 5.99. The Kier molecular flexibility index (Phi) is 4.25. The van der Waals surface area contributed by atoms with Crippen molar-refractivity contribution < 1.29 is 14.0 Å². The SMILES string of the molecule is COC1CCN(c2cccc(B3OCC(C)(C)CO3)c2)C1. The minimum atomic E-state index is -0.237. The zero-order valence-electron chi connectivity index (χ0n) is 13.2. The van der Waals surface area contributed by atoms with Crippen LogP contribution in [0.1, 0.15) is 20.3 Å². The zero-order valence-corrected chi connectivity index (χ0v) is 13.2. The molecule has 2 aliphatic rings. The normalized spacial score (nSPS) is 25.4. The summed E-state index contributed by atoms with van der Waals surface area (Å²) in [5.74, 6) is 0.